The van der Waals surface area contributed by atoms with Gasteiger partial charge < -0.3 is 0 Å². The highest BCUT2D eigenvalue weighted by molar-refractivity contribution is 7.98. The number of benzene rings is 2. The summed E-state index contributed by atoms with van der Waals surface area (Å²) in [7, 11) is 0. The lowest BCUT2D eigenvalue weighted by Crippen LogP contribution is -1.96. The van der Waals surface area contributed by atoms with Gasteiger partial charge in [-0.25, -0.2) is 0 Å². The maximum Gasteiger partial charge on any atom is 0.212 e. The van der Waals surface area contributed by atoms with E-state index >= 15 is 0 Å². The third-order valence-electron chi connectivity index (χ3n) is 3.70. The van der Waals surface area contributed by atoms with Gasteiger partial charge in [0.25, 0.3) is 0 Å². The molecule has 128 valence electrons. The van der Waals surface area contributed by atoms with Crippen molar-refractivity contribution < 1.29 is 0 Å². The van der Waals surface area contributed by atoms with Gasteiger partial charge in [-0.1, -0.05) is 78.5 Å². The number of hydrogen-bond acceptors (Lipinski definition) is 5. The van der Waals surface area contributed by atoms with E-state index in [4.69, 9.17) is 0 Å². The van der Waals surface area contributed by atoms with Gasteiger partial charge >= 0.3 is 0 Å². The second-order valence-electron chi connectivity index (χ2n) is 5.52. The van der Waals surface area contributed by atoms with Crippen LogP contribution in [0.2, 0.25) is 0 Å². The predicted molar refractivity (Wildman–Crippen MR) is 109 cm³/mol. The van der Waals surface area contributed by atoms with Crippen molar-refractivity contribution in [2.24, 2.45) is 5.10 Å². The Balaban J connectivity index is 1.65. The summed E-state index contributed by atoms with van der Waals surface area (Å²) in [6.07, 6.45) is 1.85. The van der Waals surface area contributed by atoms with Gasteiger partial charge in [-0.3, -0.25) is 0 Å². The van der Waals surface area contributed by atoms with Crippen molar-refractivity contribution in [1.29, 1.82) is 0 Å². The molecule has 4 rings (SSSR count). The fourth-order valence-electron chi connectivity index (χ4n) is 2.43. The van der Waals surface area contributed by atoms with E-state index in [1.807, 2.05) is 76.9 Å². The van der Waals surface area contributed by atoms with Crippen LogP contribution in [0.5, 0.6) is 0 Å². The molecule has 0 fully saturated rings. The maximum atomic E-state index is 4.65. The van der Waals surface area contributed by atoms with Crippen molar-refractivity contribution in [2.75, 3.05) is 0 Å². The average Bonchev–Trinajstić information content (AvgIpc) is 3.36. The van der Waals surface area contributed by atoms with E-state index in [0.29, 0.717) is 0 Å². The zero-order chi connectivity index (χ0) is 17.6. The Morgan fingerprint density at radius 1 is 0.923 bits per heavy atom. The molecule has 0 aliphatic rings. The highest BCUT2D eigenvalue weighted by Gasteiger charge is 2.14. The van der Waals surface area contributed by atoms with Gasteiger partial charge in [-0.15, -0.1) is 21.5 Å². The highest BCUT2D eigenvalue weighted by atomic mass is 32.2. The van der Waals surface area contributed by atoms with E-state index in [-0.39, 0.29) is 0 Å². The van der Waals surface area contributed by atoms with Crippen LogP contribution in [-0.4, -0.2) is 21.1 Å². The first-order valence-electron chi connectivity index (χ1n) is 8.15. The van der Waals surface area contributed by atoms with Crippen molar-refractivity contribution in [3.05, 3.63) is 88.6 Å². The Hall–Kier alpha value is -2.70. The van der Waals surface area contributed by atoms with Crippen molar-refractivity contribution in [3.8, 4) is 11.4 Å². The fraction of sp³-hybridized carbons (Fsp3) is 0.0500. The molecule has 0 unspecified atom stereocenters. The third-order valence-corrected chi connectivity index (χ3v) is 5.50. The molecule has 2 aromatic heterocycles. The Kier molecular flexibility index (Phi) is 5.23. The van der Waals surface area contributed by atoms with Crippen LogP contribution >= 0.6 is 23.1 Å². The lowest BCUT2D eigenvalue weighted by Gasteiger charge is -2.04. The fourth-order valence-corrected chi connectivity index (χ4v) is 3.85. The Morgan fingerprint density at radius 2 is 1.69 bits per heavy atom. The molecule has 2 aromatic carbocycles. The molecule has 0 spiro atoms. The number of nitrogens with zero attached hydrogens (tertiary/aromatic N) is 4. The summed E-state index contributed by atoms with van der Waals surface area (Å²) in [5.74, 6) is 1.57. The molecule has 0 bridgehead atoms. The first kappa shape index (κ1) is 16.8. The van der Waals surface area contributed by atoms with Gasteiger partial charge in [0.2, 0.25) is 5.16 Å². The number of hydrogen-bond donors (Lipinski definition) is 0. The van der Waals surface area contributed by atoms with Crippen LogP contribution in [0.1, 0.15) is 10.4 Å². The lowest BCUT2D eigenvalue weighted by atomic mass is 10.2. The summed E-state index contributed by atoms with van der Waals surface area (Å²) >= 11 is 3.28. The molecule has 0 amide bonds. The summed E-state index contributed by atoms with van der Waals surface area (Å²) in [5.41, 5.74) is 2.24. The van der Waals surface area contributed by atoms with Crippen LogP contribution in [0.25, 0.3) is 11.4 Å². The van der Waals surface area contributed by atoms with Crippen molar-refractivity contribution in [2.45, 2.75) is 10.9 Å². The smallest absolute Gasteiger partial charge is 0.187 e. The molecule has 4 nitrogen and oxygen atoms in total. The number of aromatic nitrogens is 3. The largest absolute Gasteiger partial charge is 0.212 e. The van der Waals surface area contributed by atoms with Crippen molar-refractivity contribution in [3.63, 3.8) is 0 Å². The topological polar surface area (TPSA) is 43.1 Å². The van der Waals surface area contributed by atoms with Gasteiger partial charge in [0.1, 0.15) is 0 Å². The normalized spacial score (nSPS) is 11.2. The van der Waals surface area contributed by atoms with Gasteiger partial charge in [-0.05, 0) is 17.0 Å². The minimum absolute atomic E-state index is 0.744. The predicted octanol–water partition coefficient (Wildman–Crippen LogP) is 5.18. The maximum absolute atomic E-state index is 4.65. The Bertz CT molecular complexity index is 977. The molecule has 4 aromatic rings. The SMILES string of the molecule is C(=N/n1c(SCc2ccccc2)nnc1-c1ccccc1)/c1cccs1. The lowest BCUT2D eigenvalue weighted by molar-refractivity contribution is 0.773. The molecular formula is C20H16N4S2. The molecule has 0 radical (unpaired) electrons. The number of thioether (sulfide) groups is 1. The monoisotopic (exact) mass is 376 g/mol. The highest BCUT2D eigenvalue weighted by Crippen LogP contribution is 2.26. The van der Waals surface area contributed by atoms with Crippen LogP contribution in [0.15, 0.2) is 88.4 Å². The molecule has 2 heterocycles. The van der Waals surface area contributed by atoms with Gasteiger partial charge in [0.15, 0.2) is 5.82 Å². The molecule has 26 heavy (non-hydrogen) atoms. The molecule has 0 N–H and O–H groups in total. The van der Waals surface area contributed by atoms with E-state index in [9.17, 15) is 0 Å². The van der Waals surface area contributed by atoms with Crippen LogP contribution in [-0.2, 0) is 5.75 Å². The second-order valence-corrected chi connectivity index (χ2v) is 7.44. The molecule has 0 saturated carbocycles. The van der Waals surface area contributed by atoms with Gasteiger partial charge in [0.05, 0.1) is 6.21 Å². The summed E-state index contributed by atoms with van der Waals surface area (Å²) in [6, 6.07) is 24.4. The molecule has 0 saturated heterocycles. The van der Waals surface area contributed by atoms with Gasteiger partial charge in [-0.2, -0.15) is 9.78 Å². The summed E-state index contributed by atoms with van der Waals surface area (Å²) < 4.78 is 1.82. The zero-order valence-electron chi connectivity index (χ0n) is 13.9. The molecule has 0 aliphatic heterocycles. The number of thiophene rings is 1. The van der Waals surface area contributed by atoms with Crippen molar-refractivity contribution in [1.82, 2.24) is 14.9 Å². The third kappa shape index (κ3) is 3.92. The van der Waals surface area contributed by atoms with E-state index in [1.54, 1.807) is 23.1 Å². The Labute approximate surface area is 160 Å². The zero-order valence-corrected chi connectivity index (χ0v) is 15.5. The van der Waals surface area contributed by atoms with Crippen LogP contribution < -0.4 is 0 Å². The molecule has 0 atom stereocenters. The molecule has 6 heteroatoms. The van der Waals surface area contributed by atoms with Gasteiger partial charge in [0, 0.05) is 16.2 Å². The van der Waals surface area contributed by atoms with Crippen LogP contribution in [0.4, 0.5) is 0 Å². The summed E-state index contributed by atoms with van der Waals surface area (Å²) in [6.45, 7) is 0. The van der Waals surface area contributed by atoms with E-state index < -0.39 is 0 Å². The molecule has 0 aliphatic carbocycles. The van der Waals surface area contributed by atoms with E-state index in [0.717, 1.165) is 27.2 Å². The van der Waals surface area contributed by atoms with Crippen molar-refractivity contribution >= 4 is 29.3 Å². The Morgan fingerprint density at radius 3 is 2.42 bits per heavy atom. The summed E-state index contributed by atoms with van der Waals surface area (Å²) in [4.78, 5) is 1.09. The van der Waals surface area contributed by atoms with Crippen LogP contribution in [0.3, 0.4) is 0 Å². The summed E-state index contributed by atoms with van der Waals surface area (Å²) in [5, 5.41) is 16.2. The standard InChI is InChI=1S/C20H16N4S2/c1-3-8-16(9-4-1)15-26-20-23-22-19(17-10-5-2-6-11-17)24(20)21-14-18-12-7-13-25-18/h1-14H,15H2/b21-14-. The quantitative estimate of drug-likeness (QED) is 0.344. The first-order valence-corrected chi connectivity index (χ1v) is 10.0. The van der Waals surface area contributed by atoms with E-state index in [1.165, 1.54) is 5.56 Å². The number of rotatable bonds is 6. The first-order chi connectivity index (χ1) is 12.9. The van der Waals surface area contributed by atoms with Crippen LogP contribution in [0, 0.1) is 0 Å². The van der Waals surface area contributed by atoms with E-state index in [2.05, 4.69) is 27.4 Å². The second kappa shape index (κ2) is 8.12. The minimum atomic E-state index is 0.744. The average molecular weight is 377 g/mol. The molecular weight excluding hydrogens is 360 g/mol. The minimum Gasteiger partial charge on any atom is -0.187 e.